The van der Waals surface area contributed by atoms with Crippen LogP contribution < -0.4 is 20.1 Å². The zero-order chi connectivity index (χ0) is 18.7. The number of hydrogen-bond donors (Lipinski definition) is 2. The number of amides is 2. The molecule has 3 rings (SSSR count). The first-order valence-electron chi connectivity index (χ1n) is 8.11. The van der Waals surface area contributed by atoms with Gasteiger partial charge in [-0.3, -0.25) is 9.59 Å². The van der Waals surface area contributed by atoms with Gasteiger partial charge < -0.3 is 20.1 Å². The minimum atomic E-state index is -0.381. The van der Waals surface area contributed by atoms with Crippen LogP contribution in [0.25, 0.3) is 0 Å². The number of nitrogens with one attached hydrogen (secondary N) is 2. The molecule has 1 saturated carbocycles. The summed E-state index contributed by atoms with van der Waals surface area (Å²) in [4.78, 5) is 24.8. The molecule has 2 N–H and O–H groups in total. The number of carbonyl (C=O) groups excluding carboxylic acids is 2. The maximum atomic E-state index is 12.4. The number of benzene rings is 2. The Morgan fingerprint density at radius 3 is 2.15 bits per heavy atom. The largest absolute Gasteiger partial charge is 0.495 e. The van der Waals surface area contributed by atoms with E-state index in [4.69, 9.17) is 21.1 Å². The van der Waals surface area contributed by atoms with Crippen LogP contribution in [-0.2, 0) is 9.59 Å². The van der Waals surface area contributed by atoms with E-state index in [2.05, 4.69) is 10.6 Å². The van der Waals surface area contributed by atoms with E-state index < -0.39 is 0 Å². The first-order valence-corrected chi connectivity index (χ1v) is 8.49. The molecule has 0 radical (unpaired) electrons. The molecule has 136 valence electrons. The van der Waals surface area contributed by atoms with Gasteiger partial charge in [-0.15, -0.1) is 0 Å². The van der Waals surface area contributed by atoms with Gasteiger partial charge in [0.25, 0.3) is 0 Å². The van der Waals surface area contributed by atoms with Gasteiger partial charge in [0, 0.05) is 5.02 Å². The van der Waals surface area contributed by atoms with Crippen molar-refractivity contribution in [3.8, 4) is 11.5 Å². The van der Waals surface area contributed by atoms with E-state index in [9.17, 15) is 9.59 Å². The number of hydrogen-bond acceptors (Lipinski definition) is 4. The van der Waals surface area contributed by atoms with Crippen LogP contribution in [0.4, 0.5) is 11.4 Å². The molecule has 0 spiro atoms. The molecule has 26 heavy (non-hydrogen) atoms. The Hall–Kier alpha value is -2.73. The smallest absolute Gasteiger partial charge is 0.228 e. The lowest BCUT2D eigenvalue weighted by Crippen LogP contribution is -2.21. The number of carbonyl (C=O) groups is 2. The number of methoxy groups -OCH3 is 2. The number of anilines is 2. The molecule has 2 aromatic carbocycles. The molecule has 2 amide bonds. The fraction of sp³-hybridized carbons (Fsp3) is 0.263. The monoisotopic (exact) mass is 374 g/mol. The number of halogens is 1. The predicted molar refractivity (Wildman–Crippen MR) is 99.9 cm³/mol. The third-order valence-corrected chi connectivity index (χ3v) is 4.48. The van der Waals surface area contributed by atoms with Crippen molar-refractivity contribution < 1.29 is 19.1 Å². The summed E-state index contributed by atoms with van der Waals surface area (Å²) in [5.74, 6) is -0.0958. The highest BCUT2D eigenvalue weighted by molar-refractivity contribution is 6.31. The molecule has 1 aliphatic rings. The van der Waals surface area contributed by atoms with Crippen molar-refractivity contribution >= 4 is 34.8 Å². The Bertz CT molecular complexity index is 840. The average Bonchev–Trinajstić information content (AvgIpc) is 3.43. The average molecular weight is 375 g/mol. The van der Waals surface area contributed by atoms with E-state index in [0.29, 0.717) is 34.3 Å². The maximum absolute atomic E-state index is 12.4. The van der Waals surface area contributed by atoms with Crippen LogP contribution in [0.15, 0.2) is 42.5 Å². The van der Waals surface area contributed by atoms with Crippen molar-refractivity contribution in [1.29, 1.82) is 0 Å². The zero-order valence-electron chi connectivity index (χ0n) is 14.4. The van der Waals surface area contributed by atoms with Gasteiger partial charge in [0.1, 0.15) is 11.5 Å². The van der Waals surface area contributed by atoms with Gasteiger partial charge >= 0.3 is 0 Å². The Balaban J connectivity index is 1.62. The van der Waals surface area contributed by atoms with Crippen LogP contribution >= 0.6 is 11.6 Å². The molecular formula is C19H19ClN2O4. The fourth-order valence-corrected chi connectivity index (χ4v) is 2.92. The third kappa shape index (κ3) is 3.91. The Morgan fingerprint density at radius 2 is 1.50 bits per heavy atom. The van der Waals surface area contributed by atoms with E-state index in [1.807, 2.05) is 6.07 Å². The summed E-state index contributed by atoms with van der Waals surface area (Å²) in [5, 5.41) is 6.08. The van der Waals surface area contributed by atoms with Crippen molar-refractivity contribution in [3.63, 3.8) is 0 Å². The molecule has 0 heterocycles. The molecule has 0 bridgehead atoms. The molecule has 2 aromatic rings. The normalized spacial score (nSPS) is 18.0. The van der Waals surface area contributed by atoms with Crippen LogP contribution in [0.3, 0.4) is 0 Å². The van der Waals surface area contributed by atoms with Crippen molar-refractivity contribution in [3.05, 3.63) is 47.5 Å². The van der Waals surface area contributed by atoms with Gasteiger partial charge in [0.05, 0.1) is 37.4 Å². The second-order valence-electron chi connectivity index (χ2n) is 5.97. The quantitative estimate of drug-likeness (QED) is 0.810. The Morgan fingerprint density at radius 1 is 0.923 bits per heavy atom. The molecular weight excluding hydrogens is 356 g/mol. The molecule has 0 aliphatic heterocycles. The van der Waals surface area contributed by atoms with E-state index in [-0.39, 0.29) is 23.7 Å². The van der Waals surface area contributed by atoms with Crippen LogP contribution in [0.1, 0.15) is 6.42 Å². The lowest BCUT2D eigenvalue weighted by Gasteiger charge is -2.11. The third-order valence-electron chi connectivity index (χ3n) is 4.25. The Labute approximate surface area is 156 Å². The van der Waals surface area contributed by atoms with Crippen molar-refractivity contribution in [2.45, 2.75) is 6.42 Å². The topological polar surface area (TPSA) is 76.7 Å². The summed E-state index contributed by atoms with van der Waals surface area (Å²) in [5.41, 5.74) is 1.07. The van der Waals surface area contributed by atoms with Gasteiger partial charge in [0.2, 0.25) is 11.8 Å². The van der Waals surface area contributed by atoms with E-state index in [1.54, 1.807) is 36.4 Å². The maximum Gasteiger partial charge on any atom is 0.228 e. The van der Waals surface area contributed by atoms with Crippen LogP contribution in [0.5, 0.6) is 11.5 Å². The first kappa shape index (κ1) is 18.1. The summed E-state index contributed by atoms with van der Waals surface area (Å²) in [6.45, 7) is 0. The van der Waals surface area contributed by atoms with Gasteiger partial charge in [-0.1, -0.05) is 23.7 Å². The van der Waals surface area contributed by atoms with Crippen molar-refractivity contribution in [2.24, 2.45) is 11.8 Å². The molecule has 0 saturated heterocycles. The second-order valence-corrected chi connectivity index (χ2v) is 6.41. The lowest BCUT2D eigenvalue weighted by molar-refractivity contribution is -0.122. The molecule has 7 heteroatoms. The highest BCUT2D eigenvalue weighted by Gasteiger charge is 2.48. The fourth-order valence-electron chi connectivity index (χ4n) is 2.75. The molecule has 0 aromatic heterocycles. The molecule has 2 atom stereocenters. The highest BCUT2D eigenvalue weighted by atomic mass is 35.5. The van der Waals surface area contributed by atoms with Crippen LogP contribution in [0.2, 0.25) is 5.02 Å². The zero-order valence-corrected chi connectivity index (χ0v) is 15.2. The van der Waals surface area contributed by atoms with Gasteiger partial charge in [0.15, 0.2) is 0 Å². The standard InChI is InChI=1S/C19H19ClN2O4/c1-25-16-6-4-3-5-14(16)21-18(23)12-10-13(12)19(24)22-15-9-11(20)7-8-17(15)26-2/h3-9,12-13H,10H2,1-2H3,(H,21,23)(H,22,24). The summed E-state index contributed by atoms with van der Waals surface area (Å²) >= 11 is 5.97. The van der Waals surface area contributed by atoms with Gasteiger partial charge in [-0.25, -0.2) is 0 Å². The predicted octanol–water partition coefficient (Wildman–Crippen LogP) is 3.57. The lowest BCUT2D eigenvalue weighted by atomic mass is 10.2. The van der Waals surface area contributed by atoms with E-state index in [1.165, 1.54) is 14.2 Å². The summed E-state index contributed by atoms with van der Waals surface area (Å²) < 4.78 is 10.4. The first-order chi connectivity index (χ1) is 12.5. The second kappa shape index (κ2) is 7.66. The molecule has 6 nitrogen and oxygen atoms in total. The number of para-hydroxylation sites is 2. The minimum absolute atomic E-state index is 0.201. The van der Waals surface area contributed by atoms with Crippen LogP contribution in [0, 0.1) is 11.8 Å². The van der Waals surface area contributed by atoms with Gasteiger partial charge in [-0.2, -0.15) is 0 Å². The summed E-state index contributed by atoms with van der Waals surface area (Å²) in [6, 6.07) is 12.1. The SMILES string of the molecule is COc1ccccc1NC(=O)C1CC1C(=O)Nc1cc(Cl)ccc1OC. The number of ether oxygens (including phenoxy) is 2. The molecule has 1 fully saturated rings. The molecule has 1 aliphatic carbocycles. The highest BCUT2D eigenvalue weighted by Crippen LogP contribution is 2.41. The van der Waals surface area contributed by atoms with Crippen molar-refractivity contribution in [1.82, 2.24) is 0 Å². The molecule has 2 unspecified atom stereocenters. The van der Waals surface area contributed by atoms with Crippen LogP contribution in [-0.4, -0.2) is 26.0 Å². The van der Waals surface area contributed by atoms with Gasteiger partial charge in [-0.05, 0) is 36.8 Å². The van der Waals surface area contributed by atoms with E-state index >= 15 is 0 Å². The summed E-state index contributed by atoms with van der Waals surface area (Å²) in [6.07, 6.45) is 0.496. The number of rotatable bonds is 6. The Kier molecular flexibility index (Phi) is 5.32. The van der Waals surface area contributed by atoms with E-state index in [0.717, 1.165) is 0 Å². The minimum Gasteiger partial charge on any atom is -0.495 e. The summed E-state index contributed by atoms with van der Waals surface area (Å²) in [7, 11) is 3.05. The van der Waals surface area contributed by atoms with Crippen molar-refractivity contribution in [2.75, 3.05) is 24.9 Å².